The highest BCUT2D eigenvalue weighted by molar-refractivity contribution is 5.44. The number of anilines is 1. The van der Waals surface area contributed by atoms with Gasteiger partial charge in [0.1, 0.15) is 0 Å². The number of aromatic nitrogens is 2. The van der Waals surface area contributed by atoms with Crippen molar-refractivity contribution in [2.75, 3.05) is 5.73 Å². The normalized spacial score (nSPS) is 43.8. The Morgan fingerprint density at radius 3 is 2.65 bits per heavy atom. The van der Waals surface area contributed by atoms with Gasteiger partial charge in [0.25, 0.3) is 0 Å². The molecule has 3 N–H and O–H groups in total. The maximum absolute atomic E-state index is 10.2. The van der Waals surface area contributed by atoms with Gasteiger partial charge in [0.15, 0.2) is 0 Å². The maximum atomic E-state index is 10.2. The summed E-state index contributed by atoms with van der Waals surface area (Å²) in [6, 6.07) is 0. The Morgan fingerprint density at radius 1 is 1.08 bits per heavy atom. The molecule has 140 valence electrons. The molecular weight excluding hydrogens is 322 g/mol. The number of nitrogens with zero attached hydrogens (tertiary/aromatic N) is 2. The zero-order chi connectivity index (χ0) is 18.3. The van der Waals surface area contributed by atoms with Gasteiger partial charge in [-0.3, -0.25) is 0 Å². The van der Waals surface area contributed by atoms with E-state index in [1.54, 1.807) is 0 Å². The molecule has 5 rings (SSSR count). The minimum absolute atomic E-state index is 0.128. The molecular formula is C22H31N3O. The molecule has 4 heteroatoms. The summed E-state index contributed by atoms with van der Waals surface area (Å²) >= 11 is 0. The quantitative estimate of drug-likeness (QED) is 0.698. The molecule has 1 heterocycles. The lowest BCUT2D eigenvalue weighted by molar-refractivity contribution is -0.0164. The molecule has 0 radical (unpaired) electrons. The third-order valence-electron chi connectivity index (χ3n) is 8.63. The Bertz CT molecular complexity index is 803. The Balaban J connectivity index is 1.55. The summed E-state index contributed by atoms with van der Waals surface area (Å²) in [5.74, 6) is 2.53. The molecule has 2 saturated carbocycles. The minimum atomic E-state index is -0.128. The summed E-state index contributed by atoms with van der Waals surface area (Å²) in [6.45, 7) is 7.05. The molecule has 2 fully saturated rings. The van der Waals surface area contributed by atoms with Gasteiger partial charge >= 0.3 is 0 Å². The summed E-state index contributed by atoms with van der Waals surface area (Å²) in [5.41, 5.74) is 11.7. The van der Waals surface area contributed by atoms with Crippen LogP contribution in [0.15, 0.2) is 11.6 Å². The fourth-order valence-electron chi connectivity index (χ4n) is 7.40. The number of nitrogen functional groups attached to an aromatic ring is 1. The number of nitrogens with two attached hydrogens (primary N) is 1. The van der Waals surface area contributed by atoms with E-state index in [0.29, 0.717) is 17.8 Å². The van der Waals surface area contributed by atoms with Crippen molar-refractivity contribution in [3.05, 3.63) is 28.6 Å². The first-order valence-corrected chi connectivity index (χ1v) is 10.3. The first-order chi connectivity index (χ1) is 12.3. The standard InChI is InChI=1S/C22H31N3O/c1-12-19-18(25-20(23)24-12)11-17-15-5-4-13-10-14(26)6-8-21(13,2)16(15)7-9-22(17,19)3/h4,14-17,26H,5-11H2,1-3H3,(H2,23,24,25)/t14-,15+,16-,17-,21-,22-/m0/s1. The van der Waals surface area contributed by atoms with Crippen LogP contribution in [0.5, 0.6) is 0 Å². The summed E-state index contributed by atoms with van der Waals surface area (Å²) in [7, 11) is 0. The van der Waals surface area contributed by atoms with Crippen LogP contribution in [0.25, 0.3) is 0 Å². The second kappa shape index (κ2) is 5.31. The van der Waals surface area contributed by atoms with Crippen molar-refractivity contribution in [1.29, 1.82) is 0 Å². The van der Waals surface area contributed by atoms with Crippen molar-refractivity contribution in [2.45, 2.75) is 77.2 Å². The number of aryl methyl sites for hydroxylation is 1. The van der Waals surface area contributed by atoms with Crippen LogP contribution in [0, 0.1) is 30.1 Å². The maximum Gasteiger partial charge on any atom is 0.220 e. The number of allylic oxidation sites excluding steroid dienone is 1. The van der Waals surface area contributed by atoms with Crippen molar-refractivity contribution in [3.63, 3.8) is 0 Å². The number of hydrogen-bond donors (Lipinski definition) is 2. The molecule has 0 amide bonds. The summed E-state index contributed by atoms with van der Waals surface area (Å²) in [6.07, 6.45) is 10.1. The van der Waals surface area contributed by atoms with E-state index in [1.165, 1.54) is 36.1 Å². The highest BCUT2D eigenvalue weighted by Crippen LogP contribution is 2.64. The lowest BCUT2D eigenvalue weighted by Crippen LogP contribution is -2.51. The summed E-state index contributed by atoms with van der Waals surface area (Å²) in [5, 5.41) is 10.2. The van der Waals surface area contributed by atoms with E-state index in [1.807, 2.05) is 0 Å². The molecule has 0 aliphatic heterocycles. The lowest BCUT2D eigenvalue weighted by Gasteiger charge is -2.57. The molecule has 0 saturated heterocycles. The Kier molecular flexibility index (Phi) is 3.42. The van der Waals surface area contributed by atoms with Gasteiger partial charge in [-0.25, -0.2) is 9.97 Å². The first-order valence-electron chi connectivity index (χ1n) is 10.3. The molecule has 4 aliphatic rings. The summed E-state index contributed by atoms with van der Waals surface area (Å²) < 4.78 is 0. The Hall–Kier alpha value is -1.42. The van der Waals surface area contributed by atoms with Gasteiger partial charge in [-0.15, -0.1) is 0 Å². The molecule has 0 aromatic carbocycles. The third kappa shape index (κ3) is 2.05. The molecule has 6 atom stereocenters. The SMILES string of the molecule is Cc1nc(N)nc2c1[C@@]1(C)CC[C@H]3[C@@H](CC=C4C[C@@H](O)CC[C@@]43C)[C@@H]1C2. The van der Waals surface area contributed by atoms with Crippen LogP contribution in [0.4, 0.5) is 5.95 Å². The van der Waals surface area contributed by atoms with E-state index < -0.39 is 0 Å². The number of fused-ring (bicyclic) bond motifs is 7. The second-order valence-corrected chi connectivity index (χ2v) is 9.81. The fraction of sp³-hybridized carbons (Fsp3) is 0.727. The Labute approximate surface area is 156 Å². The lowest BCUT2D eigenvalue weighted by atomic mass is 9.47. The topological polar surface area (TPSA) is 72.0 Å². The van der Waals surface area contributed by atoms with Crippen molar-refractivity contribution in [2.24, 2.45) is 23.2 Å². The number of rotatable bonds is 0. The largest absolute Gasteiger partial charge is 0.393 e. The molecule has 1 aromatic rings. The second-order valence-electron chi connectivity index (χ2n) is 9.81. The zero-order valence-corrected chi connectivity index (χ0v) is 16.3. The number of aliphatic hydroxyl groups is 1. The van der Waals surface area contributed by atoms with Crippen LogP contribution in [-0.4, -0.2) is 21.2 Å². The molecule has 1 aromatic heterocycles. The number of hydrogen-bond acceptors (Lipinski definition) is 4. The molecule has 4 nitrogen and oxygen atoms in total. The van der Waals surface area contributed by atoms with Crippen molar-refractivity contribution < 1.29 is 5.11 Å². The van der Waals surface area contributed by atoms with E-state index >= 15 is 0 Å². The average Bonchev–Trinajstić information content (AvgIpc) is 2.88. The summed E-state index contributed by atoms with van der Waals surface area (Å²) in [4.78, 5) is 9.15. The van der Waals surface area contributed by atoms with E-state index in [4.69, 9.17) is 5.73 Å². The van der Waals surface area contributed by atoms with Crippen LogP contribution < -0.4 is 5.73 Å². The molecule has 0 unspecified atom stereocenters. The van der Waals surface area contributed by atoms with Crippen molar-refractivity contribution in [3.8, 4) is 0 Å². The minimum Gasteiger partial charge on any atom is -0.393 e. The van der Waals surface area contributed by atoms with Gasteiger partial charge in [-0.05, 0) is 80.5 Å². The van der Waals surface area contributed by atoms with Gasteiger partial charge in [0, 0.05) is 11.3 Å². The van der Waals surface area contributed by atoms with Crippen LogP contribution in [-0.2, 0) is 11.8 Å². The fourth-order valence-corrected chi connectivity index (χ4v) is 7.40. The van der Waals surface area contributed by atoms with Crippen LogP contribution >= 0.6 is 0 Å². The Morgan fingerprint density at radius 2 is 1.85 bits per heavy atom. The highest BCUT2D eigenvalue weighted by atomic mass is 16.3. The highest BCUT2D eigenvalue weighted by Gasteiger charge is 2.58. The predicted octanol–water partition coefficient (Wildman–Crippen LogP) is 3.70. The first kappa shape index (κ1) is 16.7. The van der Waals surface area contributed by atoms with Gasteiger partial charge in [-0.2, -0.15) is 0 Å². The van der Waals surface area contributed by atoms with Crippen LogP contribution in [0.2, 0.25) is 0 Å². The van der Waals surface area contributed by atoms with Gasteiger partial charge in [0.2, 0.25) is 5.95 Å². The molecule has 4 aliphatic carbocycles. The number of aliphatic hydroxyl groups excluding tert-OH is 1. The predicted molar refractivity (Wildman–Crippen MR) is 103 cm³/mol. The smallest absolute Gasteiger partial charge is 0.220 e. The zero-order valence-electron chi connectivity index (χ0n) is 16.3. The van der Waals surface area contributed by atoms with Crippen LogP contribution in [0.1, 0.15) is 69.3 Å². The molecule has 26 heavy (non-hydrogen) atoms. The van der Waals surface area contributed by atoms with Gasteiger partial charge < -0.3 is 10.8 Å². The van der Waals surface area contributed by atoms with E-state index in [-0.39, 0.29) is 16.9 Å². The van der Waals surface area contributed by atoms with Crippen molar-refractivity contribution in [1.82, 2.24) is 9.97 Å². The van der Waals surface area contributed by atoms with E-state index in [9.17, 15) is 5.11 Å². The van der Waals surface area contributed by atoms with E-state index in [0.717, 1.165) is 37.3 Å². The monoisotopic (exact) mass is 353 g/mol. The van der Waals surface area contributed by atoms with Crippen LogP contribution in [0.3, 0.4) is 0 Å². The van der Waals surface area contributed by atoms with Gasteiger partial charge in [0.05, 0.1) is 11.8 Å². The van der Waals surface area contributed by atoms with E-state index in [2.05, 4.69) is 36.8 Å². The third-order valence-corrected chi connectivity index (χ3v) is 8.63. The van der Waals surface area contributed by atoms with Gasteiger partial charge in [-0.1, -0.05) is 25.5 Å². The molecule has 0 spiro atoms. The average molecular weight is 354 g/mol. The molecule has 0 bridgehead atoms. The van der Waals surface area contributed by atoms with Crippen molar-refractivity contribution >= 4 is 5.95 Å².